The predicted octanol–water partition coefficient (Wildman–Crippen LogP) is 4.97. The lowest BCUT2D eigenvalue weighted by Crippen LogP contribution is -2.31. The molecule has 182 valence electrons. The number of anilines is 1. The van der Waals surface area contributed by atoms with Gasteiger partial charge < -0.3 is 4.74 Å². The van der Waals surface area contributed by atoms with Crippen molar-refractivity contribution in [3.63, 3.8) is 0 Å². The van der Waals surface area contributed by atoms with E-state index in [0.717, 1.165) is 17.2 Å². The molecule has 0 radical (unpaired) electrons. The molecule has 3 aromatic rings. The van der Waals surface area contributed by atoms with Crippen molar-refractivity contribution in [3.8, 4) is 5.75 Å². The molecule has 0 unspecified atom stereocenters. The molecule has 1 aliphatic heterocycles. The molecule has 1 aliphatic rings. The number of fused-ring (bicyclic) bond motifs is 1. The van der Waals surface area contributed by atoms with E-state index in [0.29, 0.717) is 17.9 Å². The van der Waals surface area contributed by atoms with Gasteiger partial charge in [0, 0.05) is 37.2 Å². The third-order valence-electron chi connectivity index (χ3n) is 5.83. The SMILES string of the molecule is CCN(CC)S(=O)(=O)c1cc([N+](=O)[O-])ccc1N/N=C1\C[C@@H](c2ccccc2)Oc2ccccc21. The molecule has 0 amide bonds. The summed E-state index contributed by atoms with van der Waals surface area (Å²) in [7, 11) is -3.98. The smallest absolute Gasteiger partial charge is 0.270 e. The standard InChI is InChI=1S/C25H26N4O5S/c1-3-28(4-2)35(32,33)25-16-19(29(30)31)14-15-21(25)26-27-22-17-24(18-10-6-5-7-11-18)34-23-13-9-8-12-20(22)23/h5-16,24,26H,3-4,17H2,1-2H3/b27-22+/t24-/m0/s1. The van der Waals surface area contributed by atoms with E-state index in [4.69, 9.17) is 4.74 Å². The van der Waals surface area contributed by atoms with Crippen LogP contribution in [0.5, 0.6) is 5.75 Å². The number of nitrogens with zero attached hydrogens (tertiary/aromatic N) is 3. The highest BCUT2D eigenvalue weighted by Crippen LogP contribution is 2.36. The minimum atomic E-state index is -3.98. The number of ether oxygens (including phenoxy) is 1. The van der Waals surface area contributed by atoms with Crippen LogP contribution in [0.25, 0.3) is 0 Å². The highest BCUT2D eigenvalue weighted by Gasteiger charge is 2.29. The number of hydrogen-bond acceptors (Lipinski definition) is 7. The fourth-order valence-electron chi connectivity index (χ4n) is 4.01. The molecule has 35 heavy (non-hydrogen) atoms. The van der Waals surface area contributed by atoms with Crippen LogP contribution in [-0.4, -0.2) is 36.4 Å². The summed E-state index contributed by atoms with van der Waals surface area (Å²) in [5.41, 5.74) is 5.20. The van der Waals surface area contributed by atoms with Crippen molar-refractivity contribution in [2.75, 3.05) is 18.5 Å². The van der Waals surface area contributed by atoms with Crippen molar-refractivity contribution in [2.45, 2.75) is 31.3 Å². The molecule has 4 rings (SSSR count). The third-order valence-corrected chi connectivity index (χ3v) is 7.92. The van der Waals surface area contributed by atoms with Crippen molar-refractivity contribution < 1.29 is 18.1 Å². The lowest BCUT2D eigenvalue weighted by Gasteiger charge is -2.27. The number of hydrogen-bond donors (Lipinski definition) is 1. The van der Waals surface area contributed by atoms with Crippen LogP contribution in [0.15, 0.2) is 82.8 Å². The summed E-state index contributed by atoms with van der Waals surface area (Å²) in [6.45, 7) is 3.90. The maximum Gasteiger partial charge on any atom is 0.270 e. The Morgan fingerprint density at radius 2 is 1.74 bits per heavy atom. The lowest BCUT2D eigenvalue weighted by atomic mass is 9.96. The van der Waals surface area contributed by atoms with Gasteiger partial charge >= 0.3 is 0 Å². The minimum Gasteiger partial charge on any atom is -0.485 e. The summed E-state index contributed by atoms with van der Waals surface area (Å²) in [4.78, 5) is 10.5. The number of para-hydroxylation sites is 1. The van der Waals surface area contributed by atoms with Crippen molar-refractivity contribution >= 4 is 27.1 Å². The Hall–Kier alpha value is -3.76. The molecule has 0 saturated heterocycles. The molecule has 0 bridgehead atoms. The van der Waals surface area contributed by atoms with Crippen LogP contribution in [0.3, 0.4) is 0 Å². The van der Waals surface area contributed by atoms with Gasteiger partial charge in [0.15, 0.2) is 0 Å². The Morgan fingerprint density at radius 1 is 1.06 bits per heavy atom. The van der Waals surface area contributed by atoms with Crippen molar-refractivity contribution in [1.82, 2.24) is 4.31 Å². The summed E-state index contributed by atoms with van der Waals surface area (Å²) in [6.07, 6.45) is 0.196. The molecular formula is C25H26N4O5S. The molecule has 1 atom stereocenters. The second-order valence-electron chi connectivity index (χ2n) is 7.91. The average Bonchev–Trinajstić information content (AvgIpc) is 2.88. The number of nitrogens with one attached hydrogen (secondary N) is 1. The topological polar surface area (TPSA) is 114 Å². The quantitative estimate of drug-likeness (QED) is 0.349. The first-order valence-corrected chi connectivity index (χ1v) is 12.7. The summed E-state index contributed by atoms with van der Waals surface area (Å²) in [5.74, 6) is 0.674. The maximum atomic E-state index is 13.3. The fourth-order valence-corrected chi connectivity index (χ4v) is 5.63. The minimum absolute atomic E-state index is 0.162. The second-order valence-corrected chi connectivity index (χ2v) is 9.82. The molecule has 1 N–H and O–H groups in total. The Kier molecular flexibility index (Phi) is 7.13. The Labute approximate surface area is 204 Å². The van der Waals surface area contributed by atoms with Gasteiger partial charge in [0.05, 0.1) is 16.3 Å². The van der Waals surface area contributed by atoms with Gasteiger partial charge in [-0.15, -0.1) is 0 Å². The summed E-state index contributed by atoms with van der Waals surface area (Å²) < 4.78 is 34.0. The number of hydrazone groups is 1. The van der Waals surface area contributed by atoms with Gasteiger partial charge in [0.2, 0.25) is 10.0 Å². The van der Waals surface area contributed by atoms with Gasteiger partial charge in [-0.3, -0.25) is 15.5 Å². The van der Waals surface area contributed by atoms with E-state index in [2.05, 4.69) is 10.5 Å². The Bertz CT molecular complexity index is 1360. The number of nitro groups is 1. The van der Waals surface area contributed by atoms with E-state index in [-0.39, 0.29) is 35.5 Å². The molecular weight excluding hydrogens is 468 g/mol. The first kappa shape index (κ1) is 24.4. The van der Waals surface area contributed by atoms with Gasteiger partial charge in [-0.05, 0) is 23.8 Å². The van der Waals surface area contributed by atoms with E-state index < -0.39 is 14.9 Å². The van der Waals surface area contributed by atoms with Crippen LogP contribution in [0.4, 0.5) is 11.4 Å². The number of benzene rings is 3. The van der Waals surface area contributed by atoms with Crippen molar-refractivity contribution in [2.24, 2.45) is 5.10 Å². The Morgan fingerprint density at radius 3 is 2.43 bits per heavy atom. The molecule has 0 fully saturated rings. The first-order chi connectivity index (χ1) is 16.8. The summed E-state index contributed by atoms with van der Waals surface area (Å²) in [5, 5.41) is 15.9. The molecule has 0 saturated carbocycles. The molecule has 0 aliphatic carbocycles. The van der Waals surface area contributed by atoms with E-state index >= 15 is 0 Å². The molecule has 10 heteroatoms. The van der Waals surface area contributed by atoms with Gasteiger partial charge in [0.25, 0.3) is 5.69 Å². The van der Waals surface area contributed by atoms with Gasteiger partial charge in [0.1, 0.15) is 16.7 Å². The monoisotopic (exact) mass is 494 g/mol. The molecule has 3 aromatic carbocycles. The zero-order valence-electron chi connectivity index (χ0n) is 19.4. The van der Waals surface area contributed by atoms with E-state index in [9.17, 15) is 18.5 Å². The third kappa shape index (κ3) is 5.03. The Balaban J connectivity index is 1.75. The lowest BCUT2D eigenvalue weighted by molar-refractivity contribution is -0.385. The van der Waals surface area contributed by atoms with Crippen LogP contribution >= 0.6 is 0 Å². The number of nitro benzene ring substituents is 1. The average molecular weight is 495 g/mol. The zero-order valence-corrected chi connectivity index (χ0v) is 20.2. The van der Waals surface area contributed by atoms with Crippen LogP contribution in [-0.2, 0) is 10.0 Å². The number of non-ortho nitro benzene ring substituents is 1. The van der Waals surface area contributed by atoms with Crippen LogP contribution in [0.2, 0.25) is 0 Å². The van der Waals surface area contributed by atoms with Crippen LogP contribution < -0.4 is 10.2 Å². The highest BCUT2D eigenvalue weighted by atomic mass is 32.2. The second kappa shape index (κ2) is 10.2. The van der Waals surface area contributed by atoms with Crippen LogP contribution in [0, 0.1) is 10.1 Å². The van der Waals surface area contributed by atoms with E-state index in [1.807, 2.05) is 54.6 Å². The van der Waals surface area contributed by atoms with Crippen molar-refractivity contribution in [3.05, 3.63) is 94.0 Å². The highest BCUT2D eigenvalue weighted by molar-refractivity contribution is 7.89. The number of sulfonamides is 1. The molecule has 0 spiro atoms. The molecule has 0 aromatic heterocycles. The zero-order chi connectivity index (χ0) is 25.0. The summed E-state index contributed by atoms with van der Waals surface area (Å²) >= 11 is 0. The fraction of sp³-hybridized carbons (Fsp3) is 0.240. The first-order valence-electron chi connectivity index (χ1n) is 11.3. The van der Waals surface area contributed by atoms with Gasteiger partial charge in [-0.25, -0.2) is 8.42 Å². The van der Waals surface area contributed by atoms with E-state index in [1.54, 1.807) is 13.8 Å². The van der Waals surface area contributed by atoms with Gasteiger partial charge in [-0.2, -0.15) is 9.41 Å². The maximum absolute atomic E-state index is 13.3. The normalized spacial score (nSPS) is 16.5. The predicted molar refractivity (Wildman–Crippen MR) is 134 cm³/mol. The molecule has 1 heterocycles. The van der Waals surface area contributed by atoms with E-state index in [1.165, 1.54) is 16.4 Å². The van der Waals surface area contributed by atoms with Crippen molar-refractivity contribution in [1.29, 1.82) is 0 Å². The number of rotatable bonds is 8. The molecule has 9 nitrogen and oxygen atoms in total. The largest absolute Gasteiger partial charge is 0.485 e. The van der Waals surface area contributed by atoms with Crippen LogP contribution in [0.1, 0.15) is 37.5 Å². The summed E-state index contributed by atoms with van der Waals surface area (Å²) in [6, 6.07) is 21.0. The van der Waals surface area contributed by atoms with Gasteiger partial charge in [-0.1, -0.05) is 56.3 Å².